The zero-order chi connectivity index (χ0) is 12.1. The average molecular weight is 221 g/mol. The lowest BCUT2D eigenvalue weighted by Crippen LogP contribution is -2.13. The Hall–Kier alpha value is -2.17. The van der Waals surface area contributed by atoms with Gasteiger partial charge in [0.25, 0.3) is 0 Å². The maximum atomic E-state index is 11.3. The van der Waals surface area contributed by atoms with Crippen LogP contribution in [0.3, 0.4) is 0 Å². The molecule has 0 heterocycles. The van der Waals surface area contributed by atoms with Gasteiger partial charge in [0, 0.05) is 5.56 Å². The predicted octanol–water partition coefficient (Wildman–Crippen LogP) is 0.531. The highest BCUT2D eigenvalue weighted by Gasteiger charge is 2.08. The Bertz CT molecular complexity index is 422. The van der Waals surface area contributed by atoms with Crippen LogP contribution in [0, 0.1) is 0 Å². The van der Waals surface area contributed by atoms with Crippen molar-refractivity contribution in [1.82, 2.24) is 0 Å². The van der Waals surface area contributed by atoms with E-state index in [-0.39, 0.29) is 18.0 Å². The van der Waals surface area contributed by atoms with Gasteiger partial charge in [0.2, 0.25) is 5.91 Å². The topological polar surface area (TPSA) is 86.5 Å². The van der Waals surface area contributed by atoms with E-state index < -0.39 is 11.9 Å². The Morgan fingerprint density at radius 1 is 1.12 bits per heavy atom. The summed E-state index contributed by atoms with van der Waals surface area (Å²) < 4.78 is 4.69. The Balaban J connectivity index is 2.70. The molecule has 0 aliphatic heterocycles. The molecule has 0 saturated carbocycles. The molecule has 1 amide bonds. The molecule has 0 aromatic heterocycles. The van der Waals surface area contributed by atoms with Crippen molar-refractivity contribution < 1.29 is 19.1 Å². The molecule has 16 heavy (non-hydrogen) atoms. The van der Waals surface area contributed by atoms with Crippen LogP contribution in [0.5, 0.6) is 0 Å². The number of rotatable bonds is 4. The highest BCUT2D eigenvalue weighted by atomic mass is 16.5. The molecular formula is C11H11NO4. The van der Waals surface area contributed by atoms with E-state index in [4.69, 9.17) is 5.73 Å². The van der Waals surface area contributed by atoms with E-state index in [0.29, 0.717) is 5.56 Å². The van der Waals surface area contributed by atoms with Gasteiger partial charge in [0.05, 0.1) is 5.56 Å². The van der Waals surface area contributed by atoms with E-state index in [1.165, 1.54) is 31.2 Å². The van der Waals surface area contributed by atoms with E-state index in [0.717, 1.165) is 0 Å². The first kappa shape index (κ1) is 11.9. The molecule has 5 nitrogen and oxygen atoms in total. The number of carbonyl (C=O) groups is 3. The molecule has 2 N–H and O–H groups in total. The molecule has 1 aromatic carbocycles. The molecule has 0 aliphatic carbocycles. The average Bonchev–Trinajstić information content (AvgIpc) is 2.26. The minimum atomic E-state index is -0.605. The van der Waals surface area contributed by atoms with Crippen molar-refractivity contribution in [2.45, 2.75) is 6.92 Å². The molecule has 1 aromatic rings. The molecule has 0 bridgehead atoms. The summed E-state index contributed by atoms with van der Waals surface area (Å²) in [6.07, 6.45) is 0. The molecule has 0 atom stereocenters. The standard InChI is InChI=1S/C11H11NO4/c1-7(13)6-16-11(15)9-4-2-8(3-5-9)10(12)14/h2-5H,6H2,1H3,(H2,12,14). The zero-order valence-corrected chi connectivity index (χ0v) is 8.73. The lowest BCUT2D eigenvalue weighted by atomic mass is 10.1. The minimum absolute atomic E-state index is 0.234. The molecule has 5 heteroatoms. The second-order valence-corrected chi connectivity index (χ2v) is 3.22. The smallest absolute Gasteiger partial charge is 0.338 e. The number of benzene rings is 1. The van der Waals surface area contributed by atoms with Crippen molar-refractivity contribution in [2.75, 3.05) is 6.61 Å². The van der Waals surface area contributed by atoms with Crippen molar-refractivity contribution in [3.63, 3.8) is 0 Å². The first-order valence-electron chi connectivity index (χ1n) is 4.57. The van der Waals surface area contributed by atoms with E-state index in [1.807, 2.05) is 0 Å². The fourth-order valence-corrected chi connectivity index (χ4v) is 1.02. The highest BCUT2D eigenvalue weighted by Crippen LogP contribution is 2.05. The van der Waals surface area contributed by atoms with Gasteiger partial charge in [0.1, 0.15) is 6.61 Å². The number of hydrogen-bond donors (Lipinski definition) is 1. The van der Waals surface area contributed by atoms with Crippen LogP contribution < -0.4 is 5.73 Å². The van der Waals surface area contributed by atoms with Gasteiger partial charge in [-0.1, -0.05) is 0 Å². The SMILES string of the molecule is CC(=O)COC(=O)c1ccc(C(N)=O)cc1. The van der Waals surface area contributed by atoms with Crippen molar-refractivity contribution >= 4 is 17.7 Å². The van der Waals surface area contributed by atoms with Crippen LogP contribution in [-0.2, 0) is 9.53 Å². The van der Waals surface area contributed by atoms with Gasteiger partial charge in [0.15, 0.2) is 5.78 Å². The van der Waals surface area contributed by atoms with Crippen LogP contribution in [-0.4, -0.2) is 24.3 Å². The second kappa shape index (κ2) is 5.06. The van der Waals surface area contributed by atoms with Gasteiger partial charge < -0.3 is 10.5 Å². The molecule has 0 saturated heterocycles. The molecule has 1 rings (SSSR count). The quantitative estimate of drug-likeness (QED) is 0.751. The number of esters is 1. The second-order valence-electron chi connectivity index (χ2n) is 3.22. The fraction of sp³-hybridized carbons (Fsp3) is 0.182. The summed E-state index contributed by atoms with van der Waals surface area (Å²) in [5, 5.41) is 0. The van der Waals surface area contributed by atoms with E-state index in [1.54, 1.807) is 0 Å². The molecule has 0 spiro atoms. The molecule has 0 unspecified atom stereocenters. The Morgan fingerprint density at radius 3 is 2.06 bits per heavy atom. The summed E-state index contributed by atoms with van der Waals surface area (Å²) in [5.74, 6) is -1.41. The lowest BCUT2D eigenvalue weighted by molar-refractivity contribution is -0.120. The normalized spacial score (nSPS) is 9.56. The number of carbonyl (C=O) groups excluding carboxylic acids is 3. The van der Waals surface area contributed by atoms with Crippen LogP contribution in [0.25, 0.3) is 0 Å². The van der Waals surface area contributed by atoms with Gasteiger partial charge in [-0.2, -0.15) is 0 Å². The maximum absolute atomic E-state index is 11.3. The number of primary amides is 1. The number of ether oxygens (including phenoxy) is 1. The van der Waals surface area contributed by atoms with Gasteiger partial charge in [-0.3, -0.25) is 9.59 Å². The van der Waals surface area contributed by atoms with Crippen LogP contribution in [0.4, 0.5) is 0 Å². The summed E-state index contributed by atoms with van der Waals surface area (Å²) >= 11 is 0. The van der Waals surface area contributed by atoms with Gasteiger partial charge in [-0.15, -0.1) is 0 Å². The summed E-state index contributed by atoms with van der Waals surface area (Å²) in [7, 11) is 0. The van der Waals surface area contributed by atoms with E-state index in [9.17, 15) is 14.4 Å². The zero-order valence-electron chi connectivity index (χ0n) is 8.73. The lowest BCUT2D eigenvalue weighted by Gasteiger charge is -2.02. The first-order valence-corrected chi connectivity index (χ1v) is 4.57. The van der Waals surface area contributed by atoms with Crippen LogP contribution in [0.2, 0.25) is 0 Å². The number of nitrogens with two attached hydrogens (primary N) is 1. The Labute approximate surface area is 92.2 Å². The van der Waals surface area contributed by atoms with Crippen molar-refractivity contribution in [3.05, 3.63) is 35.4 Å². The molecule has 0 radical (unpaired) electrons. The largest absolute Gasteiger partial charge is 0.454 e. The number of ketones is 1. The number of amides is 1. The molecular weight excluding hydrogens is 210 g/mol. The third kappa shape index (κ3) is 3.20. The first-order chi connectivity index (χ1) is 7.50. The van der Waals surface area contributed by atoms with Crippen molar-refractivity contribution in [1.29, 1.82) is 0 Å². The molecule has 0 fully saturated rings. The summed E-state index contributed by atoms with van der Waals surface area (Å²) in [6, 6.07) is 5.69. The molecule has 0 aliphatic rings. The predicted molar refractivity (Wildman–Crippen MR) is 55.9 cm³/mol. The summed E-state index contributed by atoms with van der Waals surface area (Å²) in [5.41, 5.74) is 5.62. The number of hydrogen-bond acceptors (Lipinski definition) is 4. The monoisotopic (exact) mass is 221 g/mol. The maximum Gasteiger partial charge on any atom is 0.338 e. The minimum Gasteiger partial charge on any atom is -0.454 e. The third-order valence-corrected chi connectivity index (χ3v) is 1.81. The van der Waals surface area contributed by atoms with Gasteiger partial charge in [-0.05, 0) is 31.2 Å². The van der Waals surface area contributed by atoms with Crippen LogP contribution in [0.15, 0.2) is 24.3 Å². The van der Waals surface area contributed by atoms with Gasteiger partial charge in [-0.25, -0.2) is 4.79 Å². The van der Waals surface area contributed by atoms with Gasteiger partial charge >= 0.3 is 5.97 Å². The Morgan fingerprint density at radius 2 is 1.62 bits per heavy atom. The van der Waals surface area contributed by atoms with Crippen LogP contribution >= 0.6 is 0 Å². The molecule has 84 valence electrons. The van der Waals surface area contributed by atoms with E-state index >= 15 is 0 Å². The van der Waals surface area contributed by atoms with Crippen molar-refractivity contribution in [3.8, 4) is 0 Å². The summed E-state index contributed by atoms with van der Waals surface area (Å²) in [4.78, 5) is 32.7. The third-order valence-electron chi connectivity index (χ3n) is 1.81. The number of Topliss-reactive ketones (excluding diaryl/α,β-unsaturated/α-hetero) is 1. The van der Waals surface area contributed by atoms with Crippen LogP contribution in [0.1, 0.15) is 27.6 Å². The van der Waals surface area contributed by atoms with E-state index in [2.05, 4.69) is 4.74 Å². The highest BCUT2D eigenvalue weighted by molar-refractivity contribution is 5.95. The summed E-state index contributed by atoms with van der Waals surface area (Å²) in [6.45, 7) is 1.07. The fourth-order valence-electron chi connectivity index (χ4n) is 1.02. The Kier molecular flexibility index (Phi) is 3.77. The van der Waals surface area contributed by atoms with Crippen molar-refractivity contribution in [2.24, 2.45) is 5.73 Å².